The molecule has 1 nitrogen and oxygen atoms in total. The molecule has 3 heteroatoms. The summed E-state index contributed by atoms with van der Waals surface area (Å²) in [5.41, 5.74) is 3.46. The number of thioether (sulfide) groups is 1. The maximum Gasteiger partial charge on any atom is 0.0716 e. The van der Waals surface area contributed by atoms with Gasteiger partial charge in [0.2, 0.25) is 0 Å². The van der Waals surface area contributed by atoms with Crippen molar-refractivity contribution in [3.8, 4) is 0 Å². The minimum atomic E-state index is 0.893. The minimum Gasteiger partial charge on any atom is -0.253 e. The molecule has 0 saturated heterocycles. The molecule has 0 spiro atoms. The second-order valence-corrected chi connectivity index (χ2v) is 4.86. The summed E-state index contributed by atoms with van der Waals surface area (Å²) >= 11 is 5.25. The zero-order valence-electron chi connectivity index (χ0n) is 8.75. The normalized spacial score (nSPS) is 10.9. The molecule has 1 aromatic heterocycles. The van der Waals surface area contributed by atoms with Crippen LogP contribution in [0, 0.1) is 6.92 Å². The molecule has 0 aliphatic rings. The number of hydrogen-bond acceptors (Lipinski definition) is 2. The van der Waals surface area contributed by atoms with Crippen LogP contribution in [0.4, 0.5) is 0 Å². The summed E-state index contributed by atoms with van der Waals surface area (Å²) in [6.07, 6.45) is 2.11. The zero-order chi connectivity index (χ0) is 10.8. The Balaban J connectivity index is 2.73. The van der Waals surface area contributed by atoms with E-state index in [-0.39, 0.29) is 0 Å². The van der Waals surface area contributed by atoms with Crippen LogP contribution in [0.3, 0.4) is 0 Å². The molecule has 0 aliphatic heterocycles. The van der Waals surface area contributed by atoms with E-state index in [1.807, 2.05) is 6.92 Å². The molecule has 2 rings (SSSR count). The van der Waals surface area contributed by atoms with Crippen molar-refractivity contribution in [3.05, 3.63) is 35.5 Å². The van der Waals surface area contributed by atoms with E-state index >= 15 is 0 Å². The molecule has 0 fully saturated rings. The predicted octanol–water partition coefficient (Wildman–Crippen LogP) is 4.16. The van der Waals surface area contributed by atoms with Gasteiger partial charge in [-0.05, 0) is 36.9 Å². The number of alkyl halides is 1. The Bertz CT molecular complexity index is 496. The molecule has 0 atom stereocenters. The molecule has 15 heavy (non-hydrogen) atoms. The number of aromatic nitrogens is 1. The Morgan fingerprint density at radius 3 is 2.80 bits per heavy atom. The number of hydrogen-bond donors (Lipinski definition) is 0. The minimum absolute atomic E-state index is 0.893. The van der Waals surface area contributed by atoms with Crippen LogP contribution in [-0.4, -0.2) is 11.2 Å². The van der Waals surface area contributed by atoms with E-state index in [1.165, 1.54) is 15.8 Å². The highest BCUT2D eigenvalue weighted by Crippen LogP contribution is 2.27. The first-order chi connectivity index (χ1) is 7.24. The fourth-order valence-electron chi connectivity index (χ4n) is 1.62. The van der Waals surface area contributed by atoms with Gasteiger partial charge >= 0.3 is 0 Å². The Labute approximate surface area is 102 Å². The molecule has 2 aromatic rings. The van der Waals surface area contributed by atoms with Crippen LogP contribution in [0.15, 0.2) is 29.2 Å². The Morgan fingerprint density at radius 1 is 1.33 bits per heavy atom. The van der Waals surface area contributed by atoms with Gasteiger partial charge in [-0.1, -0.05) is 22.0 Å². The molecule has 1 heterocycles. The first-order valence-corrected chi connectivity index (χ1v) is 7.09. The highest BCUT2D eigenvalue weighted by molar-refractivity contribution is 9.08. The molecular formula is C12H12BrNS. The molecule has 0 aliphatic carbocycles. The number of rotatable bonds is 2. The van der Waals surface area contributed by atoms with Gasteiger partial charge in [-0.25, -0.2) is 0 Å². The molecule has 0 radical (unpaired) electrons. The first-order valence-electron chi connectivity index (χ1n) is 4.75. The van der Waals surface area contributed by atoms with Crippen LogP contribution < -0.4 is 0 Å². The topological polar surface area (TPSA) is 12.9 Å². The standard InChI is InChI=1S/C12H12BrNS/c1-8-5-12(15-2)10-6-9(7-13)3-4-11(10)14-8/h3-6H,7H2,1-2H3. The second kappa shape index (κ2) is 4.54. The molecule has 0 saturated carbocycles. The van der Waals surface area contributed by atoms with E-state index < -0.39 is 0 Å². The van der Waals surface area contributed by atoms with Crippen LogP contribution in [0.25, 0.3) is 10.9 Å². The monoisotopic (exact) mass is 281 g/mol. The van der Waals surface area contributed by atoms with Gasteiger partial charge in [-0.3, -0.25) is 4.98 Å². The third-order valence-electron chi connectivity index (χ3n) is 2.34. The summed E-state index contributed by atoms with van der Waals surface area (Å²) in [6.45, 7) is 2.04. The quantitative estimate of drug-likeness (QED) is 0.606. The molecular weight excluding hydrogens is 270 g/mol. The number of aryl methyl sites for hydroxylation is 1. The van der Waals surface area contributed by atoms with Crippen LogP contribution in [0.5, 0.6) is 0 Å². The Morgan fingerprint density at radius 2 is 2.13 bits per heavy atom. The summed E-state index contributed by atoms with van der Waals surface area (Å²) in [5, 5.41) is 2.15. The Kier molecular flexibility index (Phi) is 3.32. The lowest BCUT2D eigenvalue weighted by Gasteiger charge is -2.06. The van der Waals surface area contributed by atoms with Gasteiger partial charge in [0, 0.05) is 21.3 Å². The summed E-state index contributed by atoms with van der Waals surface area (Å²) in [7, 11) is 0. The third kappa shape index (κ3) is 2.18. The average molecular weight is 282 g/mol. The van der Waals surface area contributed by atoms with Gasteiger partial charge in [0.1, 0.15) is 0 Å². The molecule has 0 N–H and O–H groups in total. The van der Waals surface area contributed by atoms with Crippen LogP contribution >= 0.6 is 27.7 Å². The Hall–Kier alpha value is -0.540. The fraction of sp³-hybridized carbons (Fsp3) is 0.250. The SMILES string of the molecule is CSc1cc(C)nc2ccc(CBr)cc12. The van der Waals surface area contributed by atoms with E-state index in [0.717, 1.165) is 16.5 Å². The largest absolute Gasteiger partial charge is 0.253 e. The van der Waals surface area contributed by atoms with Crippen LogP contribution in [-0.2, 0) is 5.33 Å². The van der Waals surface area contributed by atoms with E-state index in [4.69, 9.17) is 0 Å². The first kappa shape index (κ1) is 11.0. The summed E-state index contributed by atoms with van der Waals surface area (Å²) in [6, 6.07) is 8.57. The van der Waals surface area contributed by atoms with E-state index in [9.17, 15) is 0 Å². The second-order valence-electron chi connectivity index (χ2n) is 3.45. The molecule has 1 aromatic carbocycles. The lowest BCUT2D eigenvalue weighted by atomic mass is 10.1. The highest BCUT2D eigenvalue weighted by Gasteiger charge is 2.03. The highest BCUT2D eigenvalue weighted by atomic mass is 79.9. The van der Waals surface area contributed by atoms with Gasteiger partial charge < -0.3 is 0 Å². The summed E-state index contributed by atoms with van der Waals surface area (Å²) in [4.78, 5) is 5.84. The van der Waals surface area contributed by atoms with Crippen LogP contribution in [0.1, 0.15) is 11.3 Å². The van der Waals surface area contributed by atoms with E-state index in [1.54, 1.807) is 11.8 Å². The number of fused-ring (bicyclic) bond motifs is 1. The maximum absolute atomic E-state index is 4.53. The molecule has 78 valence electrons. The van der Waals surface area contributed by atoms with E-state index in [0.29, 0.717) is 0 Å². The summed E-state index contributed by atoms with van der Waals surface area (Å²) < 4.78 is 0. The maximum atomic E-state index is 4.53. The fourth-order valence-corrected chi connectivity index (χ4v) is 2.64. The van der Waals surface area contributed by atoms with Gasteiger partial charge in [0.15, 0.2) is 0 Å². The third-order valence-corrected chi connectivity index (χ3v) is 3.76. The van der Waals surface area contributed by atoms with Crippen molar-refractivity contribution >= 4 is 38.6 Å². The van der Waals surface area contributed by atoms with Crippen molar-refractivity contribution in [1.29, 1.82) is 0 Å². The number of benzene rings is 1. The van der Waals surface area contributed by atoms with E-state index in [2.05, 4.69) is 51.4 Å². The molecule has 0 bridgehead atoms. The molecule has 0 unspecified atom stereocenters. The lowest BCUT2D eigenvalue weighted by Crippen LogP contribution is -1.88. The van der Waals surface area contributed by atoms with Gasteiger partial charge in [-0.15, -0.1) is 11.8 Å². The van der Waals surface area contributed by atoms with Crippen molar-refractivity contribution < 1.29 is 0 Å². The van der Waals surface area contributed by atoms with Crippen LogP contribution in [0.2, 0.25) is 0 Å². The smallest absolute Gasteiger partial charge is 0.0716 e. The average Bonchev–Trinajstić information content (AvgIpc) is 2.27. The molecule has 0 amide bonds. The van der Waals surface area contributed by atoms with Crippen molar-refractivity contribution in [2.45, 2.75) is 17.1 Å². The van der Waals surface area contributed by atoms with Crippen molar-refractivity contribution in [2.75, 3.05) is 6.26 Å². The van der Waals surface area contributed by atoms with Gasteiger partial charge in [-0.2, -0.15) is 0 Å². The number of pyridine rings is 1. The summed E-state index contributed by atoms with van der Waals surface area (Å²) in [5.74, 6) is 0. The number of nitrogens with zero attached hydrogens (tertiary/aromatic N) is 1. The van der Waals surface area contributed by atoms with Crippen molar-refractivity contribution in [2.24, 2.45) is 0 Å². The lowest BCUT2D eigenvalue weighted by molar-refractivity contribution is 1.22. The van der Waals surface area contributed by atoms with Gasteiger partial charge in [0.05, 0.1) is 5.52 Å². The zero-order valence-corrected chi connectivity index (χ0v) is 11.2. The van der Waals surface area contributed by atoms with Crippen molar-refractivity contribution in [1.82, 2.24) is 4.98 Å². The van der Waals surface area contributed by atoms with Gasteiger partial charge in [0.25, 0.3) is 0 Å². The number of halogens is 1. The predicted molar refractivity (Wildman–Crippen MR) is 70.9 cm³/mol. The van der Waals surface area contributed by atoms with Crippen molar-refractivity contribution in [3.63, 3.8) is 0 Å².